The summed E-state index contributed by atoms with van der Waals surface area (Å²) in [6.07, 6.45) is 4.58. The third-order valence-corrected chi connectivity index (χ3v) is 5.79. The van der Waals surface area contributed by atoms with Gasteiger partial charge in [0, 0.05) is 24.8 Å². The fourth-order valence-corrected chi connectivity index (χ4v) is 4.05. The molecule has 2 fully saturated rings. The van der Waals surface area contributed by atoms with E-state index in [-0.39, 0.29) is 12.2 Å². The second-order valence-electron chi connectivity index (χ2n) is 6.48. The SMILES string of the molecule is C[C@@H]1CN(c2cc(CC3CCN(S(C)(=O)=O)CC3)ncn2)C(=O)O1. The van der Waals surface area contributed by atoms with E-state index in [0.29, 0.717) is 31.4 Å². The number of cyclic esters (lactones) is 1. The van der Waals surface area contributed by atoms with Gasteiger partial charge in [0.2, 0.25) is 10.0 Å². The Balaban J connectivity index is 1.63. The second-order valence-corrected chi connectivity index (χ2v) is 8.46. The molecule has 0 bridgehead atoms. The molecule has 1 aromatic rings. The highest BCUT2D eigenvalue weighted by Crippen LogP contribution is 2.24. The molecule has 1 atom stereocenters. The van der Waals surface area contributed by atoms with Crippen LogP contribution in [-0.2, 0) is 21.2 Å². The molecule has 3 rings (SSSR count). The largest absolute Gasteiger partial charge is 0.444 e. The van der Waals surface area contributed by atoms with Crippen LogP contribution in [0.3, 0.4) is 0 Å². The van der Waals surface area contributed by atoms with Crippen molar-refractivity contribution in [2.75, 3.05) is 30.8 Å². The molecule has 0 radical (unpaired) electrons. The number of carbonyl (C=O) groups is 1. The Labute approximate surface area is 141 Å². The zero-order chi connectivity index (χ0) is 17.3. The number of ether oxygens (including phenoxy) is 1. The predicted molar refractivity (Wildman–Crippen MR) is 88.2 cm³/mol. The van der Waals surface area contributed by atoms with Gasteiger partial charge in [0.15, 0.2) is 0 Å². The lowest BCUT2D eigenvalue weighted by atomic mass is 9.93. The van der Waals surface area contributed by atoms with Gasteiger partial charge in [-0.15, -0.1) is 0 Å². The molecular weight excluding hydrogens is 332 g/mol. The molecule has 0 aliphatic carbocycles. The molecule has 2 aliphatic rings. The predicted octanol–water partition coefficient (Wildman–Crippen LogP) is 1.04. The van der Waals surface area contributed by atoms with E-state index in [1.165, 1.54) is 21.8 Å². The fourth-order valence-electron chi connectivity index (χ4n) is 3.18. The highest BCUT2D eigenvalue weighted by molar-refractivity contribution is 7.88. The van der Waals surface area contributed by atoms with Gasteiger partial charge in [-0.05, 0) is 32.1 Å². The van der Waals surface area contributed by atoms with Gasteiger partial charge in [-0.1, -0.05) is 0 Å². The van der Waals surface area contributed by atoms with Crippen molar-refractivity contribution in [2.24, 2.45) is 5.92 Å². The maximum absolute atomic E-state index is 11.8. The highest BCUT2D eigenvalue weighted by Gasteiger charge is 2.31. The van der Waals surface area contributed by atoms with Gasteiger partial charge in [-0.25, -0.2) is 27.5 Å². The summed E-state index contributed by atoms with van der Waals surface area (Å²) in [4.78, 5) is 21.8. The van der Waals surface area contributed by atoms with Crippen molar-refractivity contribution in [3.8, 4) is 0 Å². The molecule has 2 saturated heterocycles. The molecular formula is C15H22N4O4S. The van der Waals surface area contributed by atoms with Crippen LogP contribution >= 0.6 is 0 Å². The smallest absolute Gasteiger partial charge is 0.415 e. The molecule has 132 valence electrons. The van der Waals surface area contributed by atoms with Crippen molar-refractivity contribution in [2.45, 2.75) is 32.3 Å². The van der Waals surface area contributed by atoms with Crippen molar-refractivity contribution >= 4 is 21.9 Å². The van der Waals surface area contributed by atoms with Gasteiger partial charge in [-0.3, -0.25) is 4.90 Å². The minimum atomic E-state index is -3.10. The molecule has 8 nitrogen and oxygen atoms in total. The van der Waals surface area contributed by atoms with E-state index < -0.39 is 10.0 Å². The maximum Gasteiger partial charge on any atom is 0.415 e. The molecule has 0 spiro atoms. The maximum atomic E-state index is 11.8. The van der Waals surface area contributed by atoms with Crippen molar-refractivity contribution in [3.63, 3.8) is 0 Å². The van der Waals surface area contributed by atoms with Crippen molar-refractivity contribution in [1.29, 1.82) is 0 Å². The number of amides is 1. The van der Waals surface area contributed by atoms with Crippen molar-refractivity contribution in [3.05, 3.63) is 18.1 Å². The van der Waals surface area contributed by atoms with E-state index in [1.54, 1.807) is 0 Å². The second kappa shape index (κ2) is 6.64. The first-order valence-electron chi connectivity index (χ1n) is 8.07. The van der Waals surface area contributed by atoms with Gasteiger partial charge in [0.05, 0.1) is 12.8 Å². The average molecular weight is 354 g/mol. The first-order valence-corrected chi connectivity index (χ1v) is 9.92. The van der Waals surface area contributed by atoms with Crippen LogP contribution in [0.1, 0.15) is 25.5 Å². The van der Waals surface area contributed by atoms with E-state index in [4.69, 9.17) is 4.74 Å². The van der Waals surface area contributed by atoms with Crippen LogP contribution < -0.4 is 4.90 Å². The van der Waals surface area contributed by atoms with E-state index >= 15 is 0 Å². The van der Waals surface area contributed by atoms with Crippen molar-refractivity contribution in [1.82, 2.24) is 14.3 Å². The Morgan fingerprint density at radius 1 is 1.29 bits per heavy atom. The van der Waals surface area contributed by atoms with Gasteiger partial charge >= 0.3 is 6.09 Å². The van der Waals surface area contributed by atoms with Gasteiger partial charge in [-0.2, -0.15) is 0 Å². The number of sulfonamides is 1. The van der Waals surface area contributed by atoms with E-state index in [1.807, 2.05) is 13.0 Å². The lowest BCUT2D eigenvalue weighted by Crippen LogP contribution is -2.38. The molecule has 3 heterocycles. The monoisotopic (exact) mass is 354 g/mol. The summed E-state index contributed by atoms with van der Waals surface area (Å²) in [5, 5.41) is 0. The van der Waals surface area contributed by atoms with Crippen LogP contribution in [0.5, 0.6) is 0 Å². The lowest BCUT2D eigenvalue weighted by molar-refractivity contribution is 0.150. The third kappa shape index (κ3) is 3.84. The van der Waals surface area contributed by atoms with Crippen LogP contribution in [-0.4, -0.2) is 60.8 Å². The molecule has 0 N–H and O–H groups in total. The summed E-state index contributed by atoms with van der Waals surface area (Å²) in [6.45, 7) is 3.44. The number of rotatable bonds is 4. The molecule has 9 heteroatoms. The standard InChI is InChI=1S/C15H22N4O4S/c1-11-9-19(15(20)23-11)14-8-13(16-10-17-14)7-12-3-5-18(6-4-12)24(2,21)22/h8,10-12H,3-7,9H2,1-2H3/t11-/m1/s1. The topological polar surface area (TPSA) is 92.7 Å². The zero-order valence-corrected chi connectivity index (χ0v) is 14.7. The van der Waals surface area contributed by atoms with Gasteiger partial charge in [0.1, 0.15) is 18.2 Å². The summed E-state index contributed by atoms with van der Waals surface area (Å²) in [5.74, 6) is 0.943. The number of nitrogens with zero attached hydrogens (tertiary/aromatic N) is 4. The Morgan fingerprint density at radius 3 is 2.58 bits per heavy atom. The minimum absolute atomic E-state index is 0.142. The summed E-state index contributed by atoms with van der Waals surface area (Å²) in [5.41, 5.74) is 0.866. The Morgan fingerprint density at radius 2 is 2.00 bits per heavy atom. The van der Waals surface area contributed by atoms with Crippen LogP contribution in [0.15, 0.2) is 12.4 Å². The number of piperidine rings is 1. The molecule has 1 amide bonds. The molecule has 1 aromatic heterocycles. The van der Waals surface area contributed by atoms with Gasteiger partial charge in [0.25, 0.3) is 0 Å². The third-order valence-electron chi connectivity index (χ3n) is 4.49. The molecule has 24 heavy (non-hydrogen) atoms. The Hall–Kier alpha value is -1.74. The zero-order valence-electron chi connectivity index (χ0n) is 13.9. The molecule has 0 saturated carbocycles. The van der Waals surface area contributed by atoms with E-state index in [2.05, 4.69) is 9.97 Å². The van der Waals surface area contributed by atoms with Crippen LogP contribution in [0.2, 0.25) is 0 Å². The summed E-state index contributed by atoms with van der Waals surface area (Å²) in [6, 6.07) is 1.82. The molecule has 0 aromatic carbocycles. The number of hydrogen-bond donors (Lipinski definition) is 0. The average Bonchev–Trinajstić information content (AvgIpc) is 2.86. The molecule has 2 aliphatic heterocycles. The molecule has 0 unspecified atom stereocenters. The number of anilines is 1. The number of hydrogen-bond acceptors (Lipinski definition) is 6. The minimum Gasteiger partial charge on any atom is -0.444 e. The summed E-state index contributed by atoms with van der Waals surface area (Å²) < 4.78 is 29.8. The van der Waals surface area contributed by atoms with Crippen LogP contribution in [0.4, 0.5) is 10.6 Å². The summed E-state index contributed by atoms with van der Waals surface area (Å²) >= 11 is 0. The first kappa shape index (κ1) is 17.1. The van der Waals surface area contributed by atoms with Crippen LogP contribution in [0, 0.1) is 5.92 Å². The number of aromatic nitrogens is 2. The fraction of sp³-hybridized carbons (Fsp3) is 0.667. The van der Waals surface area contributed by atoms with Crippen LogP contribution in [0.25, 0.3) is 0 Å². The van der Waals surface area contributed by atoms with E-state index in [9.17, 15) is 13.2 Å². The first-order chi connectivity index (χ1) is 11.3. The van der Waals surface area contributed by atoms with Crippen molar-refractivity contribution < 1.29 is 17.9 Å². The number of carbonyl (C=O) groups excluding carboxylic acids is 1. The Kier molecular flexibility index (Phi) is 4.73. The van der Waals surface area contributed by atoms with Gasteiger partial charge < -0.3 is 4.74 Å². The van der Waals surface area contributed by atoms with E-state index in [0.717, 1.165) is 25.0 Å². The highest BCUT2D eigenvalue weighted by atomic mass is 32.2. The normalized spacial score (nSPS) is 23.5. The lowest BCUT2D eigenvalue weighted by Gasteiger charge is -2.30. The summed E-state index contributed by atoms with van der Waals surface area (Å²) in [7, 11) is -3.10. The Bertz CT molecular complexity index is 716. The quantitative estimate of drug-likeness (QED) is 0.802.